The van der Waals surface area contributed by atoms with Crippen molar-refractivity contribution in [3.63, 3.8) is 0 Å². The summed E-state index contributed by atoms with van der Waals surface area (Å²) in [6.45, 7) is 1.99. The molecule has 2 N–H and O–H groups in total. The minimum Gasteiger partial charge on any atom is -0.368 e. The second-order valence-corrected chi connectivity index (χ2v) is 3.84. The topological polar surface area (TPSA) is 64.7 Å². The van der Waals surface area contributed by atoms with Gasteiger partial charge in [-0.1, -0.05) is 0 Å². The van der Waals surface area contributed by atoms with Gasteiger partial charge in [0.2, 0.25) is 11.2 Å². The molecule has 72 valence electrons. The van der Waals surface area contributed by atoms with E-state index in [1.165, 1.54) is 0 Å². The van der Waals surface area contributed by atoms with E-state index in [1.54, 1.807) is 11.3 Å². The number of nitrogen functional groups attached to an aromatic ring is 1. The number of nitrogens with zero attached hydrogens (tertiary/aromatic N) is 3. The lowest BCUT2D eigenvalue weighted by molar-refractivity contribution is 1.07. The van der Waals surface area contributed by atoms with Crippen molar-refractivity contribution in [1.29, 1.82) is 0 Å². The van der Waals surface area contributed by atoms with Gasteiger partial charge >= 0.3 is 0 Å². The fraction of sp³-hybridized carbons (Fsp3) is 0.125. The summed E-state index contributed by atoms with van der Waals surface area (Å²) < 4.78 is 0. The summed E-state index contributed by atoms with van der Waals surface area (Å²) in [5.74, 6) is 0.673. The molecule has 2 rings (SSSR count). The molecular weight excluding hydrogens is 220 g/mol. The monoisotopic (exact) mass is 226 g/mol. The van der Waals surface area contributed by atoms with Crippen molar-refractivity contribution in [2.75, 3.05) is 5.73 Å². The zero-order chi connectivity index (χ0) is 10.1. The maximum Gasteiger partial charge on any atom is 0.227 e. The lowest BCUT2D eigenvalue weighted by Crippen LogP contribution is -1.99. The molecule has 0 radical (unpaired) electrons. The smallest absolute Gasteiger partial charge is 0.227 e. The van der Waals surface area contributed by atoms with E-state index in [1.807, 2.05) is 17.7 Å². The molecule has 0 aliphatic heterocycles. The second kappa shape index (κ2) is 3.51. The molecule has 0 atom stereocenters. The average Bonchev–Trinajstić information content (AvgIpc) is 2.49. The van der Waals surface area contributed by atoms with Crippen LogP contribution in [0.1, 0.15) is 5.56 Å². The molecule has 0 saturated heterocycles. The highest BCUT2D eigenvalue weighted by molar-refractivity contribution is 7.08. The summed E-state index contributed by atoms with van der Waals surface area (Å²) in [6, 6.07) is 0. The summed E-state index contributed by atoms with van der Waals surface area (Å²) in [5.41, 5.74) is 7.53. The Labute approximate surface area is 89.8 Å². The fourth-order valence-corrected chi connectivity index (χ4v) is 2.07. The van der Waals surface area contributed by atoms with Gasteiger partial charge in [-0.15, -0.1) is 0 Å². The van der Waals surface area contributed by atoms with Crippen LogP contribution >= 0.6 is 22.9 Å². The molecule has 0 bridgehead atoms. The van der Waals surface area contributed by atoms with Crippen molar-refractivity contribution >= 4 is 28.9 Å². The van der Waals surface area contributed by atoms with Crippen LogP contribution in [0.15, 0.2) is 10.8 Å². The molecule has 0 aliphatic rings. The summed E-state index contributed by atoms with van der Waals surface area (Å²) in [5, 5.41) is 4.10. The standard InChI is InChI=1S/C8H7ClN4S/c1-4-2-14-3-5(4)6-11-7(9)13-8(10)12-6/h2-3H,1H3,(H2,10,11,12,13). The Morgan fingerprint density at radius 2 is 2.07 bits per heavy atom. The third kappa shape index (κ3) is 1.69. The van der Waals surface area contributed by atoms with Crippen LogP contribution in [0.25, 0.3) is 11.4 Å². The van der Waals surface area contributed by atoms with E-state index >= 15 is 0 Å². The van der Waals surface area contributed by atoms with Crippen LogP contribution in [0.2, 0.25) is 5.28 Å². The zero-order valence-corrected chi connectivity index (χ0v) is 8.93. The fourth-order valence-electron chi connectivity index (χ4n) is 1.08. The molecule has 2 aromatic heterocycles. The van der Waals surface area contributed by atoms with Gasteiger partial charge in [-0.3, -0.25) is 0 Å². The molecule has 0 aliphatic carbocycles. The molecule has 0 aromatic carbocycles. The first-order chi connectivity index (χ1) is 6.66. The number of aromatic nitrogens is 3. The first-order valence-electron chi connectivity index (χ1n) is 3.87. The van der Waals surface area contributed by atoms with Gasteiger partial charge in [-0.05, 0) is 29.5 Å². The van der Waals surface area contributed by atoms with Crippen molar-refractivity contribution in [2.45, 2.75) is 6.92 Å². The zero-order valence-electron chi connectivity index (χ0n) is 7.36. The largest absolute Gasteiger partial charge is 0.368 e. The Hall–Kier alpha value is -1.20. The number of thiophene rings is 1. The van der Waals surface area contributed by atoms with Gasteiger partial charge < -0.3 is 5.73 Å². The molecule has 0 spiro atoms. The molecule has 2 heterocycles. The molecule has 6 heteroatoms. The van der Waals surface area contributed by atoms with Crippen LogP contribution in [0.3, 0.4) is 0 Å². The Morgan fingerprint density at radius 3 is 2.64 bits per heavy atom. The Bertz CT molecular complexity index is 448. The predicted molar refractivity (Wildman–Crippen MR) is 57.3 cm³/mol. The molecular formula is C8H7ClN4S. The second-order valence-electron chi connectivity index (χ2n) is 2.75. The highest BCUT2D eigenvalue weighted by Gasteiger charge is 2.08. The predicted octanol–water partition coefficient (Wildman–Crippen LogP) is 2.14. The molecule has 0 fully saturated rings. The third-order valence-electron chi connectivity index (χ3n) is 1.72. The summed E-state index contributed by atoms with van der Waals surface area (Å²) in [4.78, 5) is 11.7. The SMILES string of the molecule is Cc1cscc1-c1nc(N)nc(Cl)n1. The summed E-state index contributed by atoms with van der Waals surface area (Å²) >= 11 is 7.27. The van der Waals surface area contributed by atoms with Gasteiger partial charge in [0.1, 0.15) is 0 Å². The molecule has 0 amide bonds. The van der Waals surface area contributed by atoms with E-state index < -0.39 is 0 Å². The first-order valence-corrected chi connectivity index (χ1v) is 5.19. The number of halogens is 1. The molecule has 0 saturated carbocycles. The van der Waals surface area contributed by atoms with E-state index in [9.17, 15) is 0 Å². The van der Waals surface area contributed by atoms with Crippen LogP contribution < -0.4 is 5.73 Å². The van der Waals surface area contributed by atoms with Crippen LogP contribution in [-0.4, -0.2) is 15.0 Å². The Balaban J connectivity index is 2.57. The maximum atomic E-state index is 5.68. The summed E-state index contributed by atoms with van der Waals surface area (Å²) in [6.07, 6.45) is 0. The van der Waals surface area contributed by atoms with E-state index in [-0.39, 0.29) is 11.2 Å². The van der Waals surface area contributed by atoms with Crippen LogP contribution in [0.4, 0.5) is 5.95 Å². The average molecular weight is 227 g/mol. The third-order valence-corrected chi connectivity index (χ3v) is 2.75. The summed E-state index contributed by atoms with van der Waals surface area (Å²) in [7, 11) is 0. The van der Waals surface area contributed by atoms with Crippen molar-refractivity contribution in [2.24, 2.45) is 0 Å². The van der Waals surface area contributed by atoms with Gasteiger partial charge in [0.05, 0.1) is 0 Å². The Morgan fingerprint density at radius 1 is 1.29 bits per heavy atom. The van der Waals surface area contributed by atoms with E-state index in [2.05, 4.69) is 15.0 Å². The number of nitrogens with two attached hydrogens (primary N) is 1. The van der Waals surface area contributed by atoms with E-state index in [0.29, 0.717) is 5.82 Å². The van der Waals surface area contributed by atoms with Gasteiger partial charge in [0.15, 0.2) is 5.82 Å². The maximum absolute atomic E-state index is 5.68. The van der Waals surface area contributed by atoms with Crippen molar-refractivity contribution in [1.82, 2.24) is 15.0 Å². The number of aryl methyl sites for hydroxylation is 1. The van der Waals surface area contributed by atoms with Gasteiger partial charge in [0.25, 0.3) is 0 Å². The van der Waals surface area contributed by atoms with Crippen molar-refractivity contribution in [3.05, 3.63) is 21.6 Å². The van der Waals surface area contributed by atoms with Gasteiger partial charge in [-0.2, -0.15) is 26.3 Å². The van der Waals surface area contributed by atoms with Crippen molar-refractivity contribution in [3.8, 4) is 11.4 Å². The van der Waals surface area contributed by atoms with E-state index in [4.69, 9.17) is 17.3 Å². The Kier molecular flexibility index (Phi) is 2.35. The highest BCUT2D eigenvalue weighted by atomic mass is 35.5. The minimum atomic E-state index is 0.123. The van der Waals surface area contributed by atoms with E-state index in [0.717, 1.165) is 11.1 Å². The van der Waals surface area contributed by atoms with Crippen LogP contribution in [-0.2, 0) is 0 Å². The molecule has 2 aromatic rings. The lowest BCUT2D eigenvalue weighted by atomic mass is 10.2. The normalized spacial score (nSPS) is 10.4. The number of hydrogen-bond donors (Lipinski definition) is 1. The molecule has 0 unspecified atom stereocenters. The van der Waals surface area contributed by atoms with Crippen LogP contribution in [0, 0.1) is 6.92 Å². The quantitative estimate of drug-likeness (QED) is 0.809. The van der Waals surface area contributed by atoms with Gasteiger partial charge in [-0.25, -0.2) is 0 Å². The first kappa shape index (κ1) is 9.36. The molecule has 4 nitrogen and oxygen atoms in total. The number of hydrogen-bond acceptors (Lipinski definition) is 5. The van der Waals surface area contributed by atoms with Gasteiger partial charge in [0, 0.05) is 10.9 Å². The minimum absolute atomic E-state index is 0.123. The number of anilines is 1. The number of rotatable bonds is 1. The highest BCUT2D eigenvalue weighted by Crippen LogP contribution is 2.24. The van der Waals surface area contributed by atoms with Crippen molar-refractivity contribution < 1.29 is 0 Å². The molecule has 14 heavy (non-hydrogen) atoms. The van der Waals surface area contributed by atoms with Crippen LogP contribution in [0.5, 0.6) is 0 Å². The lowest BCUT2D eigenvalue weighted by Gasteiger charge is -1.99.